The molecule has 0 saturated carbocycles. The molecule has 1 unspecified atom stereocenters. The summed E-state index contributed by atoms with van der Waals surface area (Å²) in [5, 5.41) is 9.72. The summed E-state index contributed by atoms with van der Waals surface area (Å²) in [7, 11) is 0. The molecule has 0 aliphatic carbocycles. The Morgan fingerprint density at radius 3 is 2.86 bits per heavy atom. The first kappa shape index (κ1) is 11.3. The zero-order valence-corrected chi connectivity index (χ0v) is 8.79. The second kappa shape index (κ2) is 5.20. The number of halogens is 1. The molecule has 1 rings (SSSR count). The van der Waals surface area contributed by atoms with Crippen molar-refractivity contribution < 1.29 is 9.84 Å². The Bertz CT molecular complexity index is 304. The van der Waals surface area contributed by atoms with Crippen molar-refractivity contribution in [3.8, 4) is 5.75 Å². The summed E-state index contributed by atoms with van der Waals surface area (Å²) in [6.45, 7) is 2.30. The molecule has 3 nitrogen and oxygen atoms in total. The largest absolute Gasteiger partial charge is 0.489 e. The van der Waals surface area contributed by atoms with E-state index >= 15 is 0 Å². The molecule has 14 heavy (non-hydrogen) atoms. The number of hydrogen-bond donors (Lipinski definition) is 2. The maximum Gasteiger partial charge on any atom is 0.138 e. The average molecular weight is 216 g/mol. The Morgan fingerprint density at radius 2 is 2.29 bits per heavy atom. The molecule has 78 valence electrons. The van der Waals surface area contributed by atoms with Gasteiger partial charge in [-0.3, -0.25) is 0 Å². The average Bonchev–Trinajstić information content (AvgIpc) is 2.16. The highest BCUT2D eigenvalue weighted by atomic mass is 35.5. The highest BCUT2D eigenvalue weighted by Gasteiger charge is 2.05. The van der Waals surface area contributed by atoms with E-state index in [1.54, 1.807) is 6.07 Å². The molecule has 1 aromatic carbocycles. The van der Waals surface area contributed by atoms with Gasteiger partial charge in [0.2, 0.25) is 0 Å². The molecule has 3 N–H and O–H groups in total. The Balaban J connectivity index is 2.59. The third-order valence-electron chi connectivity index (χ3n) is 1.79. The van der Waals surface area contributed by atoms with Gasteiger partial charge in [-0.1, -0.05) is 17.7 Å². The zero-order valence-electron chi connectivity index (χ0n) is 8.03. The summed E-state index contributed by atoms with van der Waals surface area (Å²) < 4.78 is 5.28. The topological polar surface area (TPSA) is 55.5 Å². The van der Waals surface area contributed by atoms with Gasteiger partial charge >= 0.3 is 0 Å². The van der Waals surface area contributed by atoms with E-state index in [9.17, 15) is 5.11 Å². The van der Waals surface area contributed by atoms with Gasteiger partial charge in [-0.2, -0.15) is 0 Å². The molecule has 0 spiro atoms. The van der Waals surface area contributed by atoms with E-state index in [1.165, 1.54) is 0 Å². The predicted molar refractivity (Wildman–Crippen MR) is 56.7 cm³/mol. The molecular weight excluding hydrogens is 202 g/mol. The first-order chi connectivity index (χ1) is 6.63. The van der Waals surface area contributed by atoms with Crippen LogP contribution >= 0.6 is 11.6 Å². The summed E-state index contributed by atoms with van der Waals surface area (Å²) in [6, 6.07) is 5.49. The van der Waals surface area contributed by atoms with Crippen LogP contribution < -0.4 is 10.5 Å². The quantitative estimate of drug-likeness (QED) is 0.797. The molecule has 0 heterocycles. The van der Waals surface area contributed by atoms with Crippen molar-refractivity contribution in [1.29, 1.82) is 0 Å². The van der Waals surface area contributed by atoms with Gasteiger partial charge in [0.05, 0.1) is 5.02 Å². The van der Waals surface area contributed by atoms with Crippen LogP contribution in [0.4, 0.5) is 0 Å². The SMILES string of the molecule is Cc1ccc(OCC(O)CN)c(Cl)c1. The molecular formula is C10H14ClNO2. The fourth-order valence-corrected chi connectivity index (χ4v) is 1.27. The Labute approximate surface area is 88.4 Å². The van der Waals surface area contributed by atoms with Crippen molar-refractivity contribution in [3.05, 3.63) is 28.8 Å². The maximum atomic E-state index is 9.17. The number of rotatable bonds is 4. The lowest BCUT2D eigenvalue weighted by atomic mass is 10.2. The summed E-state index contributed by atoms with van der Waals surface area (Å²) in [6.07, 6.45) is -0.646. The normalized spacial score (nSPS) is 12.6. The molecule has 0 saturated heterocycles. The van der Waals surface area contributed by atoms with Gasteiger partial charge < -0.3 is 15.6 Å². The third kappa shape index (κ3) is 3.18. The van der Waals surface area contributed by atoms with Gasteiger partial charge in [0, 0.05) is 6.54 Å². The van der Waals surface area contributed by atoms with Crippen LogP contribution in [0.5, 0.6) is 5.75 Å². The highest BCUT2D eigenvalue weighted by molar-refractivity contribution is 6.32. The summed E-state index contributed by atoms with van der Waals surface area (Å²) in [5.41, 5.74) is 6.31. The van der Waals surface area contributed by atoms with Crippen LogP contribution in [0, 0.1) is 6.92 Å². The standard InChI is InChI=1S/C10H14ClNO2/c1-7-2-3-10(9(11)4-7)14-6-8(13)5-12/h2-4,8,13H,5-6,12H2,1H3. The Kier molecular flexibility index (Phi) is 4.20. The van der Waals surface area contributed by atoms with E-state index < -0.39 is 6.10 Å². The number of hydrogen-bond acceptors (Lipinski definition) is 3. The van der Waals surface area contributed by atoms with Crippen molar-refractivity contribution in [2.75, 3.05) is 13.2 Å². The fourth-order valence-electron chi connectivity index (χ4n) is 0.977. The van der Waals surface area contributed by atoms with Crippen LogP contribution in [0.1, 0.15) is 5.56 Å². The molecule has 0 aromatic heterocycles. The van der Waals surface area contributed by atoms with Crippen LogP contribution in [0.25, 0.3) is 0 Å². The minimum absolute atomic E-state index is 0.166. The van der Waals surface area contributed by atoms with Gasteiger partial charge in [0.1, 0.15) is 18.5 Å². The molecule has 1 aromatic rings. The molecule has 0 fully saturated rings. The van der Waals surface area contributed by atoms with Gasteiger partial charge in [-0.25, -0.2) is 0 Å². The third-order valence-corrected chi connectivity index (χ3v) is 2.09. The predicted octanol–water partition coefficient (Wildman–Crippen LogP) is 1.35. The van der Waals surface area contributed by atoms with E-state index in [2.05, 4.69) is 0 Å². The first-order valence-corrected chi connectivity index (χ1v) is 4.78. The lowest BCUT2D eigenvalue weighted by Gasteiger charge is -2.11. The lowest BCUT2D eigenvalue weighted by molar-refractivity contribution is 0.114. The van der Waals surface area contributed by atoms with Crippen molar-refractivity contribution in [2.24, 2.45) is 5.73 Å². The van der Waals surface area contributed by atoms with Crippen molar-refractivity contribution >= 4 is 11.6 Å². The number of aliphatic hydroxyl groups is 1. The fraction of sp³-hybridized carbons (Fsp3) is 0.400. The lowest BCUT2D eigenvalue weighted by Crippen LogP contribution is -2.26. The zero-order chi connectivity index (χ0) is 10.6. The van der Waals surface area contributed by atoms with Crippen LogP contribution in [-0.4, -0.2) is 24.4 Å². The maximum absolute atomic E-state index is 9.17. The van der Waals surface area contributed by atoms with Gasteiger partial charge in [-0.15, -0.1) is 0 Å². The van der Waals surface area contributed by atoms with Crippen molar-refractivity contribution in [3.63, 3.8) is 0 Å². The monoisotopic (exact) mass is 215 g/mol. The minimum Gasteiger partial charge on any atom is -0.489 e. The Morgan fingerprint density at radius 1 is 1.57 bits per heavy atom. The summed E-state index contributed by atoms with van der Waals surface area (Å²) >= 11 is 5.92. The van der Waals surface area contributed by atoms with E-state index in [0.29, 0.717) is 10.8 Å². The van der Waals surface area contributed by atoms with E-state index in [0.717, 1.165) is 5.56 Å². The second-order valence-electron chi connectivity index (χ2n) is 3.13. The first-order valence-electron chi connectivity index (χ1n) is 4.40. The van der Waals surface area contributed by atoms with Crippen LogP contribution in [-0.2, 0) is 0 Å². The van der Waals surface area contributed by atoms with E-state index in [4.69, 9.17) is 22.1 Å². The number of aryl methyl sites for hydroxylation is 1. The number of benzene rings is 1. The molecule has 0 aliphatic rings. The van der Waals surface area contributed by atoms with Crippen LogP contribution in [0.2, 0.25) is 5.02 Å². The van der Waals surface area contributed by atoms with Crippen molar-refractivity contribution in [2.45, 2.75) is 13.0 Å². The van der Waals surface area contributed by atoms with Gasteiger partial charge in [0.15, 0.2) is 0 Å². The van der Waals surface area contributed by atoms with E-state index in [1.807, 2.05) is 19.1 Å². The summed E-state index contributed by atoms with van der Waals surface area (Å²) in [5.74, 6) is 0.574. The Hall–Kier alpha value is -0.770. The smallest absolute Gasteiger partial charge is 0.138 e. The molecule has 0 radical (unpaired) electrons. The number of aliphatic hydroxyl groups excluding tert-OH is 1. The summed E-state index contributed by atoms with van der Waals surface area (Å²) in [4.78, 5) is 0. The van der Waals surface area contributed by atoms with Gasteiger partial charge in [-0.05, 0) is 24.6 Å². The van der Waals surface area contributed by atoms with Gasteiger partial charge in [0.25, 0.3) is 0 Å². The molecule has 0 amide bonds. The second-order valence-corrected chi connectivity index (χ2v) is 3.54. The minimum atomic E-state index is -0.646. The number of ether oxygens (including phenoxy) is 1. The highest BCUT2D eigenvalue weighted by Crippen LogP contribution is 2.25. The molecule has 0 bridgehead atoms. The number of nitrogens with two attached hydrogens (primary N) is 1. The van der Waals surface area contributed by atoms with E-state index in [-0.39, 0.29) is 13.2 Å². The molecule has 0 aliphatic heterocycles. The van der Waals surface area contributed by atoms with Crippen LogP contribution in [0.3, 0.4) is 0 Å². The van der Waals surface area contributed by atoms with Crippen LogP contribution in [0.15, 0.2) is 18.2 Å². The molecule has 4 heteroatoms. The molecule has 1 atom stereocenters. The van der Waals surface area contributed by atoms with Crippen molar-refractivity contribution in [1.82, 2.24) is 0 Å².